The molecular weight excluding hydrogens is 378 g/mol. The van der Waals surface area contributed by atoms with Crippen LogP contribution in [0.4, 0.5) is 0 Å². The molecule has 0 bridgehead atoms. The zero-order valence-corrected chi connectivity index (χ0v) is 17.4. The highest BCUT2D eigenvalue weighted by Gasteiger charge is 2.33. The van der Waals surface area contributed by atoms with Crippen molar-refractivity contribution in [3.8, 4) is 17.2 Å². The summed E-state index contributed by atoms with van der Waals surface area (Å²) in [4.78, 5) is 16.2. The van der Waals surface area contributed by atoms with E-state index in [1.54, 1.807) is 0 Å². The molecule has 2 aromatic carbocycles. The summed E-state index contributed by atoms with van der Waals surface area (Å²) in [5.74, 6) is 1.36. The van der Waals surface area contributed by atoms with Crippen LogP contribution in [0.15, 0.2) is 52.9 Å². The number of hydrogen-bond donors (Lipinski definition) is 1. The fourth-order valence-corrected chi connectivity index (χ4v) is 4.40. The summed E-state index contributed by atoms with van der Waals surface area (Å²) < 4.78 is 11.8. The van der Waals surface area contributed by atoms with Crippen molar-refractivity contribution >= 4 is 5.97 Å². The highest BCUT2D eigenvalue weighted by atomic mass is 16.5. The summed E-state index contributed by atoms with van der Waals surface area (Å²) in [5, 5.41) is 9.50. The van der Waals surface area contributed by atoms with Crippen LogP contribution in [0.1, 0.15) is 48.3 Å². The normalized spacial score (nSPS) is 16.3. The van der Waals surface area contributed by atoms with Crippen LogP contribution in [0, 0.1) is 12.8 Å². The average Bonchev–Trinajstić information content (AvgIpc) is 3.33. The van der Waals surface area contributed by atoms with Crippen LogP contribution in [0.5, 0.6) is 5.75 Å². The average molecular weight is 405 g/mol. The molecular formula is C25H27NO4. The van der Waals surface area contributed by atoms with E-state index in [0.29, 0.717) is 25.3 Å². The molecule has 0 fully saturated rings. The smallest absolute Gasteiger partial charge is 0.307 e. The number of benzene rings is 2. The van der Waals surface area contributed by atoms with Crippen molar-refractivity contribution in [3.05, 3.63) is 71.1 Å². The molecule has 1 heterocycles. The first-order valence-electron chi connectivity index (χ1n) is 10.6. The van der Waals surface area contributed by atoms with Gasteiger partial charge in [-0.2, -0.15) is 0 Å². The van der Waals surface area contributed by atoms with E-state index in [0.717, 1.165) is 41.2 Å². The number of carboxylic acid groups (broad SMARTS) is 1. The molecule has 2 atom stereocenters. The number of aliphatic carboxylic acids is 1. The second kappa shape index (κ2) is 8.74. The van der Waals surface area contributed by atoms with Crippen molar-refractivity contribution in [2.75, 3.05) is 6.61 Å². The van der Waals surface area contributed by atoms with E-state index >= 15 is 0 Å². The number of rotatable bonds is 8. The van der Waals surface area contributed by atoms with E-state index in [9.17, 15) is 9.90 Å². The number of carbonyl (C=O) groups is 1. The quantitative estimate of drug-likeness (QED) is 0.542. The lowest BCUT2D eigenvalue weighted by Crippen LogP contribution is -2.19. The van der Waals surface area contributed by atoms with Crippen LogP contribution in [0.2, 0.25) is 0 Å². The van der Waals surface area contributed by atoms with Gasteiger partial charge < -0.3 is 14.3 Å². The molecule has 156 valence electrons. The van der Waals surface area contributed by atoms with Crippen molar-refractivity contribution in [1.29, 1.82) is 0 Å². The lowest BCUT2D eigenvalue weighted by Gasteiger charge is -2.19. The number of ether oxygens (including phenoxy) is 1. The fraction of sp³-hybridized carbons (Fsp3) is 0.360. The molecule has 4 rings (SSSR count). The summed E-state index contributed by atoms with van der Waals surface area (Å²) in [6.07, 6.45) is 3.12. The monoisotopic (exact) mass is 405 g/mol. The molecule has 5 heteroatoms. The first-order chi connectivity index (χ1) is 14.6. The third-order valence-electron chi connectivity index (χ3n) is 6.00. The molecule has 0 amide bonds. The van der Waals surface area contributed by atoms with Gasteiger partial charge in [-0.25, -0.2) is 4.98 Å². The van der Waals surface area contributed by atoms with E-state index in [-0.39, 0.29) is 11.8 Å². The Balaban J connectivity index is 1.39. The number of nitrogens with zero attached hydrogens (tertiary/aromatic N) is 1. The molecule has 5 nitrogen and oxygen atoms in total. The number of aromatic nitrogens is 1. The Kier molecular flexibility index (Phi) is 5.88. The van der Waals surface area contributed by atoms with Gasteiger partial charge in [0.05, 0.1) is 18.2 Å². The zero-order chi connectivity index (χ0) is 21.1. The third-order valence-corrected chi connectivity index (χ3v) is 6.00. The summed E-state index contributed by atoms with van der Waals surface area (Å²) >= 11 is 0. The van der Waals surface area contributed by atoms with Crippen molar-refractivity contribution in [2.24, 2.45) is 5.92 Å². The van der Waals surface area contributed by atoms with Crippen molar-refractivity contribution < 1.29 is 19.1 Å². The van der Waals surface area contributed by atoms with E-state index in [2.05, 4.69) is 11.1 Å². The van der Waals surface area contributed by atoms with Crippen molar-refractivity contribution in [1.82, 2.24) is 4.98 Å². The van der Waals surface area contributed by atoms with Gasteiger partial charge in [0, 0.05) is 12.0 Å². The maximum absolute atomic E-state index is 11.6. The molecule has 30 heavy (non-hydrogen) atoms. The van der Waals surface area contributed by atoms with Gasteiger partial charge in [0.1, 0.15) is 11.5 Å². The van der Waals surface area contributed by atoms with Crippen LogP contribution in [0.3, 0.4) is 0 Å². The predicted molar refractivity (Wildman–Crippen MR) is 115 cm³/mol. The number of fused-ring (bicyclic) bond motifs is 1. The van der Waals surface area contributed by atoms with Gasteiger partial charge in [-0.05, 0) is 67.5 Å². The Morgan fingerprint density at radius 1 is 1.27 bits per heavy atom. The van der Waals surface area contributed by atoms with Crippen LogP contribution < -0.4 is 4.74 Å². The van der Waals surface area contributed by atoms with Gasteiger partial charge in [-0.1, -0.05) is 31.2 Å². The standard InChI is InChI=1S/C25H27NO4/c1-3-20(25(27)28)22-11-9-18-15-19(10-12-21(18)22)29-14-13-23-16(2)30-24(26-23)17-7-5-4-6-8-17/h4-8,10,12,15,20,22H,3,9,11,13-14H2,1-2H3,(H,27,28)/t20-,22+/m0/s1. The highest BCUT2D eigenvalue weighted by molar-refractivity contribution is 5.72. The van der Waals surface area contributed by atoms with Crippen LogP contribution >= 0.6 is 0 Å². The Labute approximate surface area is 176 Å². The summed E-state index contributed by atoms with van der Waals surface area (Å²) in [5.41, 5.74) is 4.24. The molecule has 0 unspecified atom stereocenters. The predicted octanol–water partition coefficient (Wildman–Crippen LogP) is 5.41. The molecule has 0 radical (unpaired) electrons. The second-order valence-electron chi connectivity index (χ2n) is 7.85. The van der Waals surface area contributed by atoms with Gasteiger partial charge in [-0.3, -0.25) is 4.79 Å². The first-order valence-corrected chi connectivity index (χ1v) is 10.6. The van der Waals surface area contributed by atoms with Crippen LogP contribution in [0.25, 0.3) is 11.5 Å². The van der Waals surface area contributed by atoms with E-state index < -0.39 is 5.97 Å². The third kappa shape index (κ3) is 4.11. The second-order valence-corrected chi connectivity index (χ2v) is 7.85. The number of oxazole rings is 1. The number of carboxylic acids is 1. The van der Waals surface area contributed by atoms with Crippen LogP contribution in [-0.2, 0) is 17.6 Å². The molecule has 0 spiro atoms. The Hall–Kier alpha value is -3.08. The number of aryl methyl sites for hydroxylation is 2. The van der Waals surface area contributed by atoms with Gasteiger partial charge in [-0.15, -0.1) is 0 Å². The molecule has 1 aliphatic rings. The molecule has 1 aliphatic carbocycles. The fourth-order valence-electron chi connectivity index (χ4n) is 4.40. The van der Waals surface area contributed by atoms with Gasteiger partial charge >= 0.3 is 5.97 Å². The molecule has 0 aliphatic heterocycles. The molecule has 0 saturated heterocycles. The van der Waals surface area contributed by atoms with Crippen LogP contribution in [-0.4, -0.2) is 22.7 Å². The summed E-state index contributed by atoms with van der Waals surface area (Å²) in [6.45, 7) is 4.39. The molecule has 0 saturated carbocycles. The van der Waals surface area contributed by atoms with Gasteiger partial charge in [0.15, 0.2) is 0 Å². The Bertz CT molecular complexity index is 1020. The lowest BCUT2D eigenvalue weighted by atomic mass is 9.85. The van der Waals surface area contributed by atoms with Crippen molar-refractivity contribution in [3.63, 3.8) is 0 Å². The minimum atomic E-state index is -0.700. The largest absolute Gasteiger partial charge is 0.493 e. The summed E-state index contributed by atoms with van der Waals surface area (Å²) in [7, 11) is 0. The lowest BCUT2D eigenvalue weighted by molar-refractivity contribution is -0.142. The van der Waals surface area contributed by atoms with E-state index in [1.807, 2.05) is 56.3 Å². The van der Waals surface area contributed by atoms with E-state index in [1.165, 1.54) is 5.56 Å². The minimum absolute atomic E-state index is 0.103. The maximum atomic E-state index is 11.6. The topological polar surface area (TPSA) is 72.6 Å². The SMILES string of the molecule is CC[C@H](C(=O)O)[C@H]1CCc2cc(OCCc3nc(-c4ccccc4)oc3C)ccc21. The zero-order valence-electron chi connectivity index (χ0n) is 17.4. The molecule has 1 N–H and O–H groups in total. The molecule has 1 aromatic heterocycles. The van der Waals surface area contributed by atoms with Crippen molar-refractivity contribution in [2.45, 2.75) is 45.4 Å². The molecule has 3 aromatic rings. The highest BCUT2D eigenvalue weighted by Crippen LogP contribution is 2.41. The minimum Gasteiger partial charge on any atom is -0.493 e. The maximum Gasteiger partial charge on any atom is 0.307 e. The van der Waals surface area contributed by atoms with Gasteiger partial charge in [0.25, 0.3) is 0 Å². The van der Waals surface area contributed by atoms with E-state index in [4.69, 9.17) is 9.15 Å². The van der Waals surface area contributed by atoms with Gasteiger partial charge in [0.2, 0.25) is 5.89 Å². The Morgan fingerprint density at radius 3 is 2.80 bits per heavy atom. The first kappa shape index (κ1) is 20.2. The Morgan fingerprint density at radius 2 is 2.07 bits per heavy atom. The number of hydrogen-bond acceptors (Lipinski definition) is 4. The summed E-state index contributed by atoms with van der Waals surface area (Å²) in [6, 6.07) is 15.9.